The van der Waals surface area contributed by atoms with Crippen LogP contribution in [0.4, 0.5) is 4.39 Å². The molecule has 2 atom stereocenters. The van der Waals surface area contributed by atoms with Crippen molar-refractivity contribution in [1.29, 1.82) is 0 Å². The molecule has 2 unspecified atom stereocenters. The van der Waals surface area contributed by atoms with Crippen molar-refractivity contribution in [2.24, 2.45) is 4.99 Å². The van der Waals surface area contributed by atoms with E-state index in [0.29, 0.717) is 29.7 Å². The van der Waals surface area contributed by atoms with Gasteiger partial charge in [0.25, 0.3) is 0 Å². The summed E-state index contributed by atoms with van der Waals surface area (Å²) in [4.78, 5) is 23.4. The van der Waals surface area contributed by atoms with Crippen LogP contribution in [0.15, 0.2) is 29.3 Å². The number of rotatable bonds is 8. The highest BCUT2D eigenvalue weighted by molar-refractivity contribution is 7.13. The lowest BCUT2D eigenvalue weighted by Crippen LogP contribution is -2.42. The van der Waals surface area contributed by atoms with E-state index >= 15 is 0 Å². The van der Waals surface area contributed by atoms with Crippen LogP contribution in [-0.4, -0.2) is 56.1 Å². The number of carbonyl (C=O) groups excluding carboxylic acids is 1. The number of nitrogens with zero attached hydrogens (tertiary/aromatic N) is 3. The molecule has 30 heavy (non-hydrogen) atoms. The van der Waals surface area contributed by atoms with E-state index in [0.717, 1.165) is 10.6 Å². The van der Waals surface area contributed by atoms with Crippen LogP contribution in [0.25, 0.3) is 0 Å². The summed E-state index contributed by atoms with van der Waals surface area (Å²) in [6.45, 7) is 6.39. The highest BCUT2D eigenvalue weighted by Crippen LogP contribution is 2.24. The molecule has 0 bridgehead atoms. The zero-order valence-corrected chi connectivity index (χ0v) is 19.1. The maximum Gasteiger partial charge on any atom is 0.350 e. The summed E-state index contributed by atoms with van der Waals surface area (Å²) in [7, 11) is 5.59. The Labute approximate surface area is 181 Å². The molecule has 2 N–H and O–H groups in total. The van der Waals surface area contributed by atoms with Crippen molar-refractivity contribution in [3.8, 4) is 0 Å². The summed E-state index contributed by atoms with van der Waals surface area (Å²) in [5, 5.41) is 7.36. The van der Waals surface area contributed by atoms with Crippen molar-refractivity contribution in [3.63, 3.8) is 0 Å². The summed E-state index contributed by atoms with van der Waals surface area (Å²) in [6, 6.07) is 6.40. The number of guanidine groups is 1. The van der Waals surface area contributed by atoms with Gasteiger partial charge in [0.15, 0.2) is 5.96 Å². The number of hydrogen-bond donors (Lipinski definition) is 2. The predicted molar refractivity (Wildman–Crippen MR) is 119 cm³/mol. The third-order valence-corrected chi connectivity index (χ3v) is 5.86. The highest BCUT2D eigenvalue weighted by atomic mass is 32.1. The first-order chi connectivity index (χ1) is 14.3. The normalized spacial score (nSPS) is 13.8. The molecule has 2 rings (SSSR count). The summed E-state index contributed by atoms with van der Waals surface area (Å²) < 4.78 is 18.7. The average molecular weight is 436 g/mol. The number of halogens is 1. The van der Waals surface area contributed by atoms with Gasteiger partial charge in [-0.25, -0.2) is 14.2 Å². The second kappa shape index (κ2) is 11.0. The van der Waals surface area contributed by atoms with Gasteiger partial charge in [-0.2, -0.15) is 0 Å². The van der Waals surface area contributed by atoms with Crippen LogP contribution < -0.4 is 10.6 Å². The maximum atomic E-state index is 13.6. The van der Waals surface area contributed by atoms with Crippen LogP contribution in [-0.2, 0) is 4.74 Å². The molecule has 0 amide bonds. The molecule has 0 saturated carbocycles. The van der Waals surface area contributed by atoms with Gasteiger partial charge in [0.05, 0.1) is 24.4 Å². The minimum absolute atomic E-state index is 0.0351. The van der Waals surface area contributed by atoms with Crippen LogP contribution in [0.1, 0.15) is 51.9 Å². The molecule has 1 aromatic heterocycles. The van der Waals surface area contributed by atoms with E-state index in [-0.39, 0.29) is 23.9 Å². The molecule has 0 fully saturated rings. The number of thiazole rings is 1. The van der Waals surface area contributed by atoms with E-state index in [4.69, 9.17) is 4.74 Å². The number of hydrogen-bond acceptors (Lipinski definition) is 6. The van der Waals surface area contributed by atoms with Gasteiger partial charge in [0.2, 0.25) is 0 Å². The molecule has 7 nitrogen and oxygen atoms in total. The smallest absolute Gasteiger partial charge is 0.350 e. The molecule has 0 aliphatic carbocycles. The first-order valence-electron chi connectivity index (χ1n) is 9.80. The number of nitrogens with one attached hydrogen (secondary N) is 2. The zero-order valence-electron chi connectivity index (χ0n) is 18.3. The molecule has 1 aromatic carbocycles. The van der Waals surface area contributed by atoms with Gasteiger partial charge in [-0.05, 0) is 52.6 Å². The van der Waals surface area contributed by atoms with Gasteiger partial charge in [-0.3, -0.25) is 4.99 Å². The van der Waals surface area contributed by atoms with E-state index in [2.05, 4.69) is 20.6 Å². The number of aryl methyl sites for hydroxylation is 1. The Kier molecular flexibility index (Phi) is 8.73. The first-order valence-corrected chi connectivity index (χ1v) is 10.6. The van der Waals surface area contributed by atoms with Crippen molar-refractivity contribution in [2.45, 2.75) is 32.9 Å². The molecule has 1 heterocycles. The summed E-state index contributed by atoms with van der Waals surface area (Å²) in [6.07, 6.45) is 0. The summed E-state index contributed by atoms with van der Waals surface area (Å²) in [5.41, 5.74) is 1.54. The monoisotopic (exact) mass is 435 g/mol. The lowest BCUT2D eigenvalue weighted by atomic mass is 10.1. The fraction of sp³-hybridized carbons (Fsp3) is 0.476. The Balaban J connectivity index is 2.04. The van der Waals surface area contributed by atoms with E-state index in [1.807, 2.05) is 32.0 Å². The number of carbonyl (C=O) groups is 1. The molecular weight excluding hydrogens is 405 g/mol. The molecular formula is C21H30FN5O2S. The zero-order chi connectivity index (χ0) is 22.3. The minimum Gasteiger partial charge on any atom is -0.462 e. The summed E-state index contributed by atoms with van der Waals surface area (Å²) in [5.74, 6) is -0.0133. The van der Waals surface area contributed by atoms with Crippen molar-refractivity contribution >= 4 is 23.3 Å². The molecule has 0 saturated heterocycles. The maximum absolute atomic E-state index is 13.6. The van der Waals surface area contributed by atoms with E-state index in [1.54, 1.807) is 33.0 Å². The van der Waals surface area contributed by atoms with Gasteiger partial charge < -0.3 is 20.3 Å². The number of aromatic nitrogens is 1. The van der Waals surface area contributed by atoms with Crippen LogP contribution in [0.5, 0.6) is 0 Å². The topological polar surface area (TPSA) is 78.8 Å². The standard InChI is InChI=1S/C21H30FN5O2S/c1-7-29-20(28)18-13(2)25-19(30-18)14(3)26-21(23-4)24-12-17(27(5)6)15-9-8-10-16(22)11-15/h8-11,14,17H,7,12H2,1-6H3,(H2,23,24,26). The second-order valence-electron chi connectivity index (χ2n) is 7.04. The van der Waals surface area contributed by atoms with Gasteiger partial charge in [0.1, 0.15) is 15.7 Å². The molecule has 9 heteroatoms. The molecule has 2 aromatic rings. The largest absolute Gasteiger partial charge is 0.462 e. The van der Waals surface area contributed by atoms with Crippen molar-refractivity contribution in [2.75, 3.05) is 34.3 Å². The third-order valence-electron chi connectivity index (χ3n) is 4.54. The molecule has 0 spiro atoms. The fourth-order valence-electron chi connectivity index (χ4n) is 2.96. The third kappa shape index (κ3) is 6.24. The number of esters is 1. The number of ether oxygens (including phenoxy) is 1. The highest BCUT2D eigenvalue weighted by Gasteiger charge is 2.21. The lowest BCUT2D eigenvalue weighted by molar-refractivity contribution is 0.0531. The quantitative estimate of drug-likeness (QED) is 0.376. The average Bonchev–Trinajstić information content (AvgIpc) is 3.09. The van der Waals surface area contributed by atoms with Crippen LogP contribution in [0, 0.1) is 12.7 Å². The van der Waals surface area contributed by atoms with Crippen LogP contribution in [0.3, 0.4) is 0 Å². The van der Waals surface area contributed by atoms with Crippen molar-refractivity contribution in [1.82, 2.24) is 20.5 Å². The fourth-order valence-corrected chi connectivity index (χ4v) is 3.92. The Morgan fingerprint density at radius 1 is 1.40 bits per heavy atom. The predicted octanol–water partition coefficient (Wildman–Crippen LogP) is 3.30. The first kappa shape index (κ1) is 23.8. The van der Waals surface area contributed by atoms with E-state index < -0.39 is 0 Å². The van der Waals surface area contributed by atoms with Crippen molar-refractivity contribution in [3.05, 3.63) is 51.2 Å². The van der Waals surface area contributed by atoms with Gasteiger partial charge in [0, 0.05) is 13.6 Å². The second-order valence-corrected chi connectivity index (χ2v) is 8.07. The molecule has 0 aliphatic heterocycles. The minimum atomic E-state index is -0.350. The molecule has 0 radical (unpaired) electrons. The number of aliphatic imine (C=N–C) groups is 1. The van der Waals surface area contributed by atoms with Gasteiger partial charge >= 0.3 is 5.97 Å². The number of benzene rings is 1. The van der Waals surface area contributed by atoms with Gasteiger partial charge in [-0.1, -0.05) is 12.1 Å². The van der Waals surface area contributed by atoms with Crippen LogP contribution in [0.2, 0.25) is 0 Å². The Hall–Kier alpha value is -2.52. The number of likely N-dealkylation sites (N-methyl/N-ethyl adjacent to an activating group) is 1. The van der Waals surface area contributed by atoms with Crippen LogP contribution >= 0.6 is 11.3 Å². The molecule has 0 aliphatic rings. The Morgan fingerprint density at radius 2 is 2.13 bits per heavy atom. The SMILES string of the molecule is CCOC(=O)c1sc(C(C)NC(=NC)NCC(c2cccc(F)c2)N(C)C)nc1C. The van der Waals surface area contributed by atoms with E-state index in [1.165, 1.54) is 17.4 Å². The molecule has 164 valence electrons. The van der Waals surface area contributed by atoms with Gasteiger partial charge in [-0.15, -0.1) is 11.3 Å². The van der Waals surface area contributed by atoms with Crippen molar-refractivity contribution < 1.29 is 13.9 Å². The Bertz CT molecular complexity index is 884. The lowest BCUT2D eigenvalue weighted by Gasteiger charge is -2.26. The summed E-state index contributed by atoms with van der Waals surface area (Å²) >= 11 is 1.32. The Morgan fingerprint density at radius 3 is 2.73 bits per heavy atom. The van der Waals surface area contributed by atoms with E-state index in [9.17, 15) is 9.18 Å².